The van der Waals surface area contributed by atoms with Crippen LogP contribution >= 0.6 is 0 Å². The Bertz CT molecular complexity index is 269. The molecule has 3 heteroatoms. The Hall–Kier alpha value is -0.123. The normalized spacial score (nSPS) is 35.1. The van der Waals surface area contributed by atoms with E-state index in [0.29, 0.717) is 11.1 Å². The molecule has 0 N–H and O–H groups in total. The van der Waals surface area contributed by atoms with Gasteiger partial charge in [0.25, 0.3) is 0 Å². The number of hydrogen-bond donors (Lipinski definition) is 0. The second kappa shape index (κ2) is 3.72. The Kier molecular flexibility index (Phi) is 2.82. The highest BCUT2D eigenvalue weighted by Gasteiger charge is 2.54. The lowest BCUT2D eigenvalue weighted by molar-refractivity contribution is 0.0314. The fourth-order valence-corrected chi connectivity index (χ4v) is 2.80. The molecule has 0 aromatic heterocycles. The van der Waals surface area contributed by atoms with Crippen LogP contribution in [0.4, 0.5) is 0 Å². The van der Waals surface area contributed by atoms with Crippen molar-refractivity contribution in [3.8, 4) is 0 Å². The van der Waals surface area contributed by atoms with E-state index in [-0.39, 0.29) is 5.60 Å². The largest absolute Gasteiger partial charge is 0.583 e. The lowest BCUT2D eigenvalue weighted by atomic mass is 10.2. The van der Waals surface area contributed by atoms with Crippen LogP contribution in [-0.4, -0.2) is 27.4 Å². The summed E-state index contributed by atoms with van der Waals surface area (Å²) >= 11 is 0. The third-order valence-corrected chi connectivity index (χ3v) is 6.07. The van der Waals surface area contributed by atoms with E-state index in [2.05, 4.69) is 39.5 Å². The van der Waals surface area contributed by atoms with E-state index in [1.165, 1.54) is 0 Å². The zero-order valence-corrected chi connectivity index (χ0v) is 11.2. The average molecular weight is 225 g/mol. The van der Waals surface area contributed by atoms with Crippen molar-refractivity contribution in [1.29, 1.82) is 0 Å². The SMILES string of the molecule is C[Si-](OC1C[C@]12C=CCCO2)C(C)(C)C. The molecular weight excluding hydrogens is 204 g/mol. The molecule has 0 saturated heterocycles. The van der Waals surface area contributed by atoms with Crippen LogP contribution in [0.25, 0.3) is 0 Å². The van der Waals surface area contributed by atoms with Crippen molar-refractivity contribution in [1.82, 2.24) is 0 Å². The summed E-state index contributed by atoms with van der Waals surface area (Å²) in [5.41, 5.74) is -0.0323. The molecule has 0 aromatic rings. The fraction of sp³-hybridized carbons (Fsp3) is 0.833. The summed E-state index contributed by atoms with van der Waals surface area (Å²) in [6.45, 7) is 9.89. The van der Waals surface area contributed by atoms with Gasteiger partial charge in [-0.25, -0.2) is 0 Å². The molecule has 1 aliphatic heterocycles. The van der Waals surface area contributed by atoms with Gasteiger partial charge < -0.3 is 9.16 Å². The molecule has 2 nitrogen and oxygen atoms in total. The molecule has 0 bridgehead atoms. The van der Waals surface area contributed by atoms with Gasteiger partial charge in [-0.3, -0.25) is 0 Å². The van der Waals surface area contributed by atoms with Crippen molar-refractivity contribution in [3.63, 3.8) is 0 Å². The summed E-state index contributed by atoms with van der Waals surface area (Å²) < 4.78 is 12.0. The smallest absolute Gasteiger partial charge is 0.111 e. The number of ether oxygens (including phenoxy) is 1. The van der Waals surface area contributed by atoms with Crippen LogP contribution in [-0.2, 0) is 9.16 Å². The van der Waals surface area contributed by atoms with Gasteiger partial charge in [-0.15, -0.1) is 14.1 Å². The highest BCUT2D eigenvalue weighted by atomic mass is 28.3. The van der Waals surface area contributed by atoms with Gasteiger partial charge in [0.1, 0.15) is 5.60 Å². The van der Waals surface area contributed by atoms with Gasteiger partial charge >= 0.3 is 0 Å². The quantitative estimate of drug-likeness (QED) is 0.531. The first kappa shape index (κ1) is 11.4. The molecule has 2 atom stereocenters. The van der Waals surface area contributed by atoms with Gasteiger partial charge in [-0.2, -0.15) is 6.55 Å². The van der Waals surface area contributed by atoms with Crippen LogP contribution in [0.5, 0.6) is 0 Å². The zero-order chi connectivity index (χ0) is 11.1. The third-order valence-electron chi connectivity index (χ3n) is 3.32. The van der Waals surface area contributed by atoms with Crippen LogP contribution in [0.15, 0.2) is 12.2 Å². The highest BCUT2D eigenvalue weighted by Crippen LogP contribution is 2.47. The molecular formula is C12H21O2Si-. The lowest BCUT2D eigenvalue weighted by Crippen LogP contribution is -2.31. The van der Waals surface area contributed by atoms with Crippen LogP contribution in [0.1, 0.15) is 33.6 Å². The Morgan fingerprint density at radius 1 is 1.47 bits per heavy atom. The lowest BCUT2D eigenvalue weighted by Gasteiger charge is -2.41. The molecule has 1 fully saturated rings. The van der Waals surface area contributed by atoms with Gasteiger partial charge in [-0.05, 0) is 6.42 Å². The van der Waals surface area contributed by atoms with Gasteiger partial charge in [-0.1, -0.05) is 32.9 Å². The highest BCUT2D eigenvalue weighted by molar-refractivity contribution is 6.53. The summed E-state index contributed by atoms with van der Waals surface area (Å²) in [5.74, 6) is 0. The minimum atomic E-state index is -0.730. The Labute approximate surface area is 94.4 Å². The van der Waals surface area contributed by atoms with Crippen molar-refractivity contribution in [2.45, 2.75) is 56.9 Å². The first-order valence-electron chi connectivity index (χ1n) is 5.76. The maximum absolute atomic E-state index is 6.14. The van der Waals surface area contributed by atoms with Gasteiger partial charge in [0.05, 0.1) is 12.7 Å². The topological polar surface area (TPSA) is 18.5 Å². The molecule has 1 unspecified atom stereocenters. The standard InChI is InChI=1S/C12H21O2Si/c1-11(2,3)15(4)14-10-9-12(10)7-5-6-8-13-12/h5,7,10H,6,8-9H2,1-4H3/q-1/t10?,12-/m1/s1. The van der Waals surface area contributed by atoms with E-state index in [9.17, 15) is 0 Å². The first-order chi connectivity index (χ1) is 6.94. The summed E-state index contributed by atoms with van der Waals surface area (Å²) in [6.07, 6.45) is 6.87. The van der Waals surface area contributed by atoms with Crippen molar-refractivity contribution in [2.75, 3.05) is 6.61 Å². The van der Waals surface area contributed by atoms with E-state index < -0.39 is 9.04 Å². The maximum atomic E-state index is 6.14. The van der Waals surface area contributed by atoms with Crippen molar-refractivity contribution < 1.29 is 9.16 Å². The van der Waals surface area contributed by atoms with E-state index >= 15 is 0 Å². The molecule has 0 radical (unpaired) electrons. The van der Waals surface area contributed by atoms with Crippen molar-refractivity contribution in [3.05, 3.63) is 12.2 Å². The Morgan fingerprint density at radius 3 is 2.73 bits per heavy atom. The predicted molar refractivity (Wildman–Crippen MR) is 63.3 cm³/mol. The molecule has 2 aliphatic rings. The maximum Gasteiger partial charge on any atom is 0.111 e. The number of hydrogen-bond acceptors (Lipinski definition) is 2. The minimum absolute atomic E-state index is 0.0323. The zero-order valence-electron chi connectivity index (χ0n) is 10.2. The van der Waals surface area contributed by atoms with E-state index in [4.69, 9.17) is 9.16 Å². The minimum Gasteiger partial charge on any atom is -0.583 e. The van der Waals surface area contributed by atoms with Crippen LogP contribution in [0.2, 0.25) is 11.6 Å². The molecule has 2 rings (SSSR count). The van der Waals surface area contributed by atoms with Crippen molar-refractivity contribution in [2.24, 2.45) is 0 Å². The van der Waals surface area contributed by atoms with E-state index in [0.717, 1.165) is 19.4 Å². The summed E-state index contributed by atoms with van der Waals surface area (Å²) in [5, 5.41) is 0.312. The predicted octanol–water partition coefficient (Wildman–Crippen LogP) is 2.91. The van der Waals surface area contributed by atoms with E-state index in [1.807, 2.05) is 0 Å². The fourth-order valence-electron chi connectivity index (χ4n) is 1.74. The first-order valence-corrected chi connectivity index (χ1v) is 7.67. The molecule has 0 amide bonds. The third kappa shape index (κ3) is 2.35. The second-order valence-electron chi connectivity index (χ2n) is 5.61. The van der Waals surface area contributed by atoms with Crippen molar-refractivity contribution >= 4 is 9.04 Å². The average Bonchev–Trinajstić information content (AvgIpc) is 2.78. The molecule has 1 saturated carbocycles. The van der Waals surface area contributed by atoms with Crippen LogP contribution in [0, 0.1) is 0 Å². The monoisotopic (exact) mass is 225 g/mol. The van der Waals surface area contributed by atoms with Crippen LogP contribution < -0.4 is 0 Å². The van der Waals surface area contributed by atoms with Gasteiger partial charge in [0, 0.05) is 6.42 Å². The molecule has 1 aliphatic carbocycles. The molecule has 15 heavy (non-hydrogen) atoms. The van der Waals surface area contributed by atoms with Crippen LogP contribution in [0.3, 0.4) is 0 Å². The van der Waals surface area contributed by atoms with E-state index in [1.54, 1.807) is 0 Å². The summed E-state index contributed by atoms with van der Waals surface area (Å²) in [6, 6.07) is 0. The Morgan fingerprint density at radius 2 is 2.20 bits per heavy atom. The molecule has 0 aromatic carbocycles. The van der Waals surface area contributed by atoms with Gasteiger partial charge in [0.2, 0.25) is 0 Å². The second-order valence-corrected chi connectivity index (χ2v) is 8.46. The molecule has 1 heterocycles. The van der Waals surface area contributed by atoms with Gasteiger partial charge in [0.15, 0.2) is 0 Å². The summed E-state index contributed by atoms with van der Waals surface area (Å²) in [7, 11) is -0.730. The Balaban J connectivity index is 1.89. The molecule has 86 valence electrons. The number of rotatable bonds is 2. The molecule has 1 spiro atoms. The summed E-state index contributed by atoms with van der Waals surface area (Å²) in [4.78, 5) is 0.